The van der Waals surface area contributed by atoms with E-state index in [-0.39, 0.29) is 0 Å². The van der Waals surface area contributed by atoms with E-state index >= 15 is 0 Å². The highest BCUT2D eigenvalue weighted by atomic mass is 32.2. The Morgan fingerprint density at radius 1 is 1.33 bits per heavy atom. The van der Waals surface area contributed by atoms with Crippen molar-refractivity contribution < 1.29 is 4.52 Å². The second kappa shape index (κ2) is 8.53. The van der Waals surface area contributed by atoms with Crippen LogP contribution in [0.3, 0.4) is 0 Å². The molecular formula is C13H25N3OS. The third-order valence-electron chi connectivity index (χ3n) is 2.80. The van der Waals surface area contributed by atoms with Gasteiger partial charge in [-0.05, 0) is 24.6 Å². The summed E-state index contributed by atoms with van der Waals surface area (Å²) in [6.07, 6.45) is 1.97. The van der Waals surface area contributed by atoms with Crippen molar-refractivity contribution in [3.8, 4) is 0 Å². The van der Waals surface area contributed by atoms with Crippen LogP contribution in [0.1, 0.15) is 45.8 Å². The fourth-order valence-corrected chi connectivity index (χ4v) is 2.19. The first-order chi connectivity index (χ1) is 8.67. The molecule has 0 spiro atoms. The summed E-state index contributed by atoms with van der Waals surface area (Å²) in [5, 5.41) is 7.55. The van der Waals surface area contributed by atoms with E-state index < -0.39 is 0 Å². The molecule has 0 bridgehead atoms. The van der Waals surface area contributed by atoms with Crippen molar-refractivity contribution in [2.45, 2.75) is 52.3 Å². The molecule has 0 amide bonds. The van der Waals surface area contributed by atoms with Gasteiger partial charge in [-0.25, -0.2) is 0 Å². The molecule has 0 aromatic carbocycles. The van der Waals surface area contributed by atoms with Gasteiger partial charge in [-0.2, -0.15) is 16.7 Å². The van der Waals surface area contributed by atoms with Crippen molar-refractivity contribution in [3.63, 3.8) is 0 Å². The fraction of sp³-hybridized carbons (Fsp3) is 0.846. The Hall–Kier alpha value is -0.550. The maximum absolute atomic E-state index is 5.31. The minimum Gasteiger partial charge on any atom is -0.339 e. The maximum Gasteiger partial charge on any atom is 0.228 e. The van der Waals surface area contributed by atoms with Gasteiger partial charge in [0.1, 0.15) is 0 Å². The minimum absolute atomic E-state index is 0.414. The van der Waals surface area contributed by atoms with Crippen LogP contribution < -0.4 is 5.32 Å². The lowest BCUT2D eigenvalue weighted by molar-refractivity contribution is 0.325. The quantitative estimate of drug-likeness (QED) is 0.748. The third-order valence-corrected chi connectivity index (χ3v) is 3.67. The molecular weight excluding hydrogens is 246 g/mol. The summed E-state index contributed by atoms with van der Waals surface area (Å²) in [5.74, 6) is 4.06. The topological polar surface area (TPSA) is 51.0 Å². The third kappa shape index (κ3) is 5.40. The number of hydrogen-bond donors (Lipinski definition) is 1. The SMILES string of the molecule is CCCNC(Cc1nc(CSCC)no1)C(C)C. The molecule has 0 saturated carbocycles. The van der Waals surface area contributed by atoms with E-state index in [4.69, 9.17) is 4.52 Å². The highest BCUT2D eigenvalue weighted by Crippen LogP contribution is 2.12. The predicted molar refractivity (Wildman–Crippen MR) is 76.8 cm³/mol. The first-order valence-corrected chi connectivity index (χ1v) is 7.95. The highest BCUT2D eigenvalue weighted by molar-refractivity contribution is 7.98. The largest absolute Gasteiger partial charge is 0.339 e. The standard InChI is InChI=1S/C13H25N3OS/c1-5-7-14-11(10(3)4)8-13-15-12(16-17-13)9-18-6-2/h10-11,14H,5-9H2,1-4H3. The maximum atomic E-state index is 5.31. The first-order valence-electron chi connectivity index (χ1n) is 6.79. The zero-order valence-corrected chi connectivity index (χ0v) is 12.7. The van der Waals surface area contributed by atoms with E-state index in [1.54, 1.807) is 0 Å². The zero-order valence-electron chi connectivity index (χ0n) is 11.9. The summed E-state index contributed by atoms with van der Waals surface area (Å²) in [7, 11) is 0. The van der Waals surface area contributed by atoms with E-state index in [2.05, 4.69) is 43.2 Å². The second-order valence-electron chi connectivity index (χ2n) is 4.75. The van der Waals surface area contributed by atoms with Gasteiger partial charge in [0.05, 0.1) is 5.75 Å². The van der Waals surface area contributed by atoms with Crippen molar-refractivity contribution in [1.82, 2.24) is 15.5 Å². The lowest BCUT2D eigenvalue weighted by Crippen LogP contribution is -2.36. The number of hydrogen-bond acceptors (Lipinski definition) is 5. The molecule has 18 heavy (non-hydrogen) atoms. The molecule has 4 nitrogen and oxygen atoms in total. The second-order valence-corrected chi connectivity index (χ2v) is 6.02. The van der Waals surface area contributed by atoms with Gasteiger partial charge in [-0.3, -0.25) is 0 Å². The Morgan fingerprint density at radius 2 is 2.11 bits per heavy atom. The van der Waals surface area contributed by atoms with Crippen LogP contribution in [0.5, 0.6) is 0 Å². The van der Waals surface area contributed by atoms with Crippen LogP contribution in [0.2, 0.25) is 0 Å². The lowest BCUT2D eigenvalue weighted by atomic mass is 10.0. The molecule has 0 aliphatic rings. The molecule has 1 atom stereocenters. The van der Waals surface area contributed by atoms with Gasteiger partial charge in [0.25, 0.3) is 0 Å². The average molecular weight is 271 g/mol. The molecule has 0 saturated heterocycles. The number of nitrogens with zero attached hydrogens (tertiary/aromatic N) is 2. The van der Waals surface area contributed by atoms with Crippen LogP contribution in [-0.2, 0) is 12.2 Å². The molecule has 1 heterocycles. The molecule has 104 valence electrons. The minimum atomic E-state index is 0.414. The molecule has 0 radical (unpaired) electrons. The molecule has 0 fully saturated rings. The monoisotopic (exact) mass is 271 g/mol. The Balaban J connectivity index is 2.49. The molecule has 1 aromatic heterocycles. The van der Waals surface area contributed by atoms with E-state index in [1.165, 1.54) is 0 Å². The average Bonchev–Trinajstić information content (AvgIpc) is 2.79. The lowest BCUT2D eigenvalue weighted by Gasteiger charge is -2.20. The zero-order chi connectivity index (χ0) is 13.4. The molecule has 1 aromatic rings. The van der Waals surface area contributed by atoms with E-state index in [0.29, 0.717) is 12.0 Å². The van der Waals surface area contributed by atoms with Crippen LogP contribution in [0, 0.1) is 5.92 Å². The summed E-state index contributed by atoms with van der Waals surface area (Å²) in [4.78, 5) is 4.44. The van der Waals surface area contributed by atoms with E-state index in [9.17, 15) is 0 Å². The molecule has 1 N–H and O–H groups in total. The Morgan fingerprint density at radius 3 is 2.72 bits per heavy atom. The van der Waals surface area contributed by atoms with Crippen LogP contribution in [0.25, 0.3) is 0 Å². The molecule has 5 heteroatoms. The Labute approximate surface area is 114 Å². The van der Waals surface area contributed by atoms with E-state index in [0.717, 1.165) is 42.6 Å². The molecule has 0 aliphatic carbocycles. The highest BCUT2D eigenvalue weighted by Gasteiger charge is 2.17. The van der Waals surface area contributed by atoms with Crippen molar-refractivity contribution in [2.24, 2.45) is 5.92 Å². The van der Waals surface area contributed by atoms with Crippen LogP contribution in [0.4, 0.5) is 0 Å². The summed E-state index contributed by atoms with van der Waals surface area (Å²) < 4.78 is 5.31. The van der Waals surface area contributed by atoms with E-state index in [1.807, 2.05) is 11.8 Å². The van der Waals surface area contributed by atoms with Gasteiger partial charge in [-0.1, -0.05) is 32.9 Å². The van der Waals surface area contributed by atoms with Gasteiger partial charge < -0.3 is 9.84 Å². The van der Waals surface area contributed by atoms with Crippen molar-refractivity contribution in [1.29, 1.82) is 0 Å². The summed E-state index contributed by atoms with van der Waals surface area (Å²) >= 11 is 1.81. The van der Waals surface area contributed by atoms with Crippen molar-refractivity contribution >= 4 is 11.8 Å². The Bertz CT molecular complexity index is 328. The van der Waals surface area contributed by atoms with Crippen molar-refractivity contribution in [3.05, 3.63) is 11.7 Å². The van der Waals surface area contributed by atoms with Crippen LogP contribution in [-0.4, -0.2) is 28.5 Å². The van der Waals surface area contributed by atoms with Crippen LogP contribution >= 0.6 is 11.8 Å². The van der Waals surface area contributed by atoms with Gasteiger partial charge in [0.15, 0.2) is 5.82 Å². The Kier molecular flexibility index (Phi) is 7.35. The summed E-state index contributed by atoms with van der Waals surface area (Å²) in [5.41, 5.74) is 0. The number of nitrogens with one attached hydrogen (secondary N) is 1. The summed E-state index contributed by atoms with van der Waals surface area (Å²) in [6, 6.07) is 0.414. The first kappa shape index (κ1) is 15.5. The smallest absolute Gasteiger partial charge is 0.228 e. The normalized spacial score (nSPS) is 13.2. The number of thioether (sulfide) groups is 1. The van der Waals surface area contributed by atoms with Gasteiger partial charge in [0, 0.05) is 12.5 Å². The molecule has 1 unspecified atom stereocenters. The van der Waals surface area contributed by atoms with Gasteiger partial charge >= 0.3 is 0 Å². The fourth-order valence-electron chi connectivity index (χ4n) is 1.69. The van der Waals surface area contributed by atoms with Gasteiger partial charge in [0.2, 0.25) is 5.89 Å². The van der Waals surface area contributed by atoms with Gasteiger partial charge in [-0.15, -0.1) is 0 Å². The number of rotatable bonds is 9. The summed E-state index contributed by atoms with van der Waals surface area (Å²) in [6.45, 7) is 9.79. The molecule has 1 rings (SSSR count). The predicted octanol–water partition coefficient (Wildman–Crippen LogP) is 2.89. The number of aromatic nitrogens is 2. The van der Waals surface area contributed by atoms with Crippen molar-refractivity contribution in [2.75, 3.05) is 12.3 Å². The molecule has 0 aliphatic heterocycles. The van der Waals surface area contributed by atoms with Crippen LogP contribution in [0.15, 0.2) is 4.52 Å².